The van der Waals surface area contributed by atoms with E-state index in [0.717, 1.165) is 12.8 Å². The fourth-order valence-electron chi connectivity index (χ4n) is 4.03. The van der Waals surface area contributed by atoms with Gasteiger partial charge in [-0.05, 0) is 44.4 Å². The van der Waals surface area contributed by atoms with Crippen molar-refractivity contribution in [1.82, 2.24) is 0 Å². The van der Waals surface area contributed by atoms with Gasteiger partial charge in [0.25, 0.3) is 0 Å². The van der Waals surface area contributed by atoms with Crippen LogP contribution in [0.4, 0.5) is 10.1 Å². The van der Waals surface area contributed by atoms with Gasteiger partial charge in [-0.15, -0.1) is 0 Å². The number of aliphatic hydroxyl groups is 1. The Labute approximate surface area is 134 Å². The Morgan fingerprint density at radius 2 is 2.22 bits per heavy atom. The third kappa shape index (κ3) is 2.16. The summed E-state index contributed by atoms with van der Waals surface area (Å²) in [4.78, 5) is 26.3. The lowest BCUT2D eigenvalue weighted by molar-refractivity contribution is -0.140. The first-order chi connectivity index (χ1) is 10.8. The number of amides is 2. The number of rotatable bonds is 2. The molecule has 3 unspecified atom stereocenters. The number of nitrogens with zero attached hydrogens (tertiary/aromatic N) is 1. The van der Waals surface area contributed by atoms with E-state index in [1.807, 2.05) is 6.42 Å². The SMILES string of the molecule is CC1(O)C(C(N)=O)N(c2cccc(F)c2)C(=O)C12C[CH]CCC2. The zero-order chi connectivity index (χ0) is 16.8. The van der Waals surface area contributed by atoms with Crippen molar-refractivity contribution in [3.8, 4) is 0 Å². The van der Waals surface area contributed by atoms with Crippen molar-refractivity contribution in [3.63, 3.8) is 0 Å². The molecule has 1 radical (unpaired) electrons. The largest absolute Gasteiger partial charge is 0.386 e. The summed E-state index contributed by atoms with van der Waals surface area (Å²) < 4.78 is 13.6. The number of primary amides is 1. The molecule has 3 atom stereocenters. The van der Waals surface area contributed by atoms with Gasteiger partial charge in [-0.25, -0.2) is 4.39 Å². The van der Waals surface area contributed by atoms with Gasteiger partial charge in [-0.2, -0.15) is 0 Å². The monoisotopic (exact) mass is 319 g/mol. The van der Waals surface area contributed by atoms with Gasteiger partial charge in [0, 0.05) is 5.69 Å². The molecule has 5 nitrogen and oxygen atoms in total. The van der Waals surface area contributed by atoms with E-state index in [4.69, 9.17) is 5.73 Å². The van der Waals surface area contributed by atoms with Crippen molar-refractivity contribution in [2.45, 2.75) is 44.2 Å². The van der Waals surface area contributed by atoms with Crippen LogP contribution >= 0.6 is 0 Å². The number of nitrogens with two attached hydrogens (primary N) is 1. The summed E-state index contributed by atoms with van der Waals surface area (Å²) in [6, 6.07) is 4.21. The maximum atomic E-state index is 13.6. The van der Waals surface area contributed by atoms with Gasteiger partial charge in [-0.1, -0.05) is 18.9 Å². The third-order valence-corrected chi connectivity index (χ3v) is 5.25. The summed E-state index contributed by atoms with van der Waals surface area (Å²) in [6.07, 6.45) is 4.44. The summed E-state index contributed by atoms with van der Waals surface area (Å²) in [5.41, 5.74) is 3.03. The Balaban J connectivity index is 2.15. The van der Waals surface area contributed by atoms with Crippen LogP contribution in [-0.4, -0.2) is 28.6 Å². The van der Waals surface area contributed by atoms with Gasteiger partial charge in [-0.3, -0.25) is 14.5 Å². The molecule has 1 aromatic rings. The van der Waals surface area contributed by atoms with E-state index in [1.165, 1.54) is 30.0 Å². The van der Waals surface area contributed by atoms with Gasteiger partial charge >= 0.3 is 0 Å². The molecule has 1 aromatic carbocycles. The summed E-state index contributed by atoms with van der Waals surface area (Å²) >= 11 is 0. The molecular formula is C17H20FN2O3. The Bertz CT molecular complexity index is 653. The molecule has 3 rings (SSSR count). The fraction of sp³-hybridized carbons (Fsp3) is 0.471. The van der Waals surface area contributed by atoms with Crippen molar-refractivity contribution in [1.29, 1.82) is 0 Å². The minimum atomic E-state index is -1.61. The van der Waals surface area contributed by atoms with Crippen LogP contribution < -0.4 is 10.6 Å². The van der Waals surface area contributed by atoms with Gasteiger partial charge in [0.05, 0.1) is 5.41 Å². The Morgan fingerprint density at radius 3 is 2.78 bits per heavy atom. The average molecular weight is 319 g/mol. The van der Waals surface area contributed by atoms with Crippen molar-refractivity contribution in [3.05, 3.63) is 36.5 Å². The topological polar surface area (TPSA) is 83.6 Å². The van der Waals surface area contributed by atoms with Crippen molar-refractivity contribution in [2.75, 3.05) is 4.90 Å². The maximum absolute atomic E-state index is 13.6. The highest BCUT2D eigenvalue weighted by atomic mass is 19.1. The first-order valence-electron chi connectivity index (χ1n) is 7.74. The lowest BCUT2D eigenvalue weighted by Gasteiger charge is -2.41. The number of hydrogen-bond donors (Lipinski definition) is 2. The summed E-state index contributed by atoms with van der Waals surface area (Å²) in [5, 5.41) is 11.1. The van der Waals surface area contributed by atoms with E-state index >= 15 is 0 Å². The number of benzene rings is 1. The van der Waals surface area contributed by atoms with Crippen LogP contribution in [0.15, 0.2) is 24.3 Å². The Morgan fingerprint density at radius 1 is 1.48 bits per heavy atom. The molecule has 1 heterocycles. The Kier molecular flexibility index (Phi) is 3.67. The molecule has 0 bridgehead atoms. The minimum Gasteiger partial charge on any atom is -0.386 e. The fourth-order valence-corrected chi connectivity index (χ4v) is 4.03. The lowest BCUT2D eigenvalue weighted by atomic mass is 9.63. The number of hydrogen-bond acceptors (Lipinski definition) is 3. The highest BCUT2D eigenvalue weighted by molar-refractivity contribution is 6.09. The van der Waals surface area contributed by atoms with E-state index in [1.54, 1.807) is 6.07 Å². The zero-order valence-corrected chi connectivity index (χ0v) is 13.0. The third-order valence-electron chi connectivity index (χ3n) is 5.25. The van der Waals surface area contributed by atoms with E-state index in [0.29, 0.717) is 12.8 Å². The maximum Gasteiger partial charge on any atom is 0.243 e. The van der Waals surface area contributed by atoms with Gasteiger partial charge in [0.2, 0.25) is 11.8 Å². The molecule has 2 amide bonds. The first-order valence-corrected chi connectivity index (χ1v) is 7.74. The van der Waals surface area contributed by atoms with Crippen molar-refractivity contribution < 1.29 is 19.1 Å². The molecule has 2 fully saturated rings. The average Bonchev–Trinajstić information content (AvgIpc) is 2.66. The summed E-state index contributed by atoms with van der Waals surface area (Å²) in [5.74, 6) is -1.68. The first kappa shape index (κ1) is 15.9. The molecule has 123 valence electrons. The van der Waals surface area contributed by atoms with Crippen LogP contribution in [0.5, 0.6) is 0 Å². The second-order valence-corrected chi connectivity index (χ2v) is 6.57. The number of carbonyl (C=O) groups is 2. The van der Waals surface area contributed by atoms with E-state index in [2.05, 4.69) is 0 Å². The summed E-state index contributed by atoms with van der Waals surface area (Å²) in [6.45, 7) is 1.48. The predicted molar refractivity (Wildman–Crippen MR) is 82.7 cm³/mol. The van der Waals surface area contributed by atoms with Crippen molar-refractivity contribution >= 4 is 17.5 Å². The van der Waals surface area contributed by atoms with E-state index in [9.17, 15) is 19.1 Å². The van der Waals surface area contributed by atoms with E-state index in [-0.39, 0.29) is 11.6 Å². The number of halogens is 1. The van der Waals surface area contributed by atoms with Crippen LogP contribution in [-0.2, 0) is 9.59 Å². The molecule has 1 saturated heterocycles. The van der Waals surface area contributed by atoms with Crippen LogP contribution in [0.2, 0.25) is 0 Å². The highest BCUT2D eigenvalue weighted by Crippen LogP contribution is 2.54. The van der Waals surface area contributed by atoms with Gasteiger partial charge in [0.1, 0.15) is 17.5 Å². The van der Waals surface area contributed by atoms with Crippen molar-refractivity contribution in [2.24, 2.45) is 11.1 Å². The Hall–Kier alpha value is -1.95. The van der Waals surface area contributed by atoms with E-state index < -0.39 is 28.8 Å². The molecule has 1 saturated carbocycles. The molecule has 1 aliphatic heterocycles. The van der Waals surface area contributed by atoms with Gasteiger partial charge in [0.15, 0.2) is 0 Å². The molecule has 1 spiro atoms. The van der Waals surface area contributed by atoms with Crippen LogP contribution in [0.25, 0.3) is 0 Å². The zero-order valence-electron chi connectivity index (χ0n) is 13.0. The smallest absolute Gasteiger partial charge is 0.243 e. The quantitative estimate of drug-likeness (QED) is 0.867. The number of carbonyl (C=O) groups excluding carboxylic acids is 2. The van der Waals surface area contributed by atoms with Crippen LogP contribution in [0.1, 0.15) is 32.6 Å². The van der Waals surface area contributed by atoms with Crippen LogP contribution in [0.3, 0.4) is 0 Å². The highest BCUT2D eigenvalue weighted by Gasteiger charge is 2.67. The molecule has 0 aromatic heterocycles. The molecular weight excluding hydrogens is 299 g/mol. The van der Waals surface area contributed by atoms with Crippen LogP contribution in [0, 0.1) is 17.7 Å². The predicted octanol–water partition coefficient (Wildman–Crippen LogP) is 1.54. The number of anilines is 1. The summed E-state index contributed by atoms with van der Waals surface area (Å²) in [7, 11) is 0. The second kappa shape index (κ2) is 5.30. The normalized spacial score (nSPS) is 30.0. The lowest BCUT2D eigenvalue weighted by Crippen LogP contribution is -2.56. The standard InChI is InChI=1S/C17H20FN2O3/c1-16(23)13(14(19)21)20(12-7-5-6-11(18)10-12)15(22)17(16)8-3-2-4-9-17/h3,5-7,10,13,23H,2,4,8-9H2,1H3,(H2,19,21). The molecule has 2 aliphatic rings. The molecule has 23 heavy (non-hydrogen) atoms. The second-order valence-electron chi connectivity index (χ2n) is 6.57. The minimum absolute atomic E-state index is 0.238. The molecule has 6 heteroatoms. The van der Waals surface area contributed by atoms with Gasteiger partial charge < -0.3 is 10.8 Å². The molecule has 1 aliphatic carbocycles. The molecule has 3 N–H and O–H groups in total.